The number of nitrogens with zero attached hydrogens (tertiary/aromatic N) is 2. The third-order valence-electron chi connectivity index (χ3n) is 5.65. The Kier molecular flexibility index (Phi) is 6.52. The molecule has 1 aromatic heterocycles. The number of rotatable bonds is 7. The number of esters is 1. The van der Waals surface area contributed by atoms with Crippen LogP contribution < -0.4 is 5.32 Å². The molecule has 9 heteroatoms. The molecular formula is C24H23N3O5S. The molecule has 0 saturated heterocycles. The Morgan fingerprint density at radius 2 is 1.97 bits per heavy atom. The Morgan fingerprint density at radius 3 is 2.67 bits per heavy atom. The fraction of sp³-hybridized carbons (Fsp3) is 0.250. The minimum Gasteiger partial charge on any atom is -0.459 e. The number of methoxy groups -OCH3 is 1. The van der Waals surface area contributed by atoms with Crippen molar-refractivity contribution in [2.24, 2.45) is 0 Å². The quantitative estimate of drug-likeness (QED) is 0.293. The fourth-order valence-electron chi connectivity index (χ4n) is 4.02. The molecule has 2 heterocycles. The normalized spacial score (nSPS) is 16.0. The van der Waals surface area contributed by atoms with E-state index in [2.05, 4.69) is 9.69 Å². The zero-order chi connectivity index (χ0) is 23.5. The second-order valence-corrected chi connectivity index (χ2v) is 8.47. The van der Waals surface area contributed by atoms with Gasteiger partial charge >= 0.3 is 5.97 Å². The topological polar surface area (TPSA) is 104 Å². The number of aromatic nitrogens is 1. The predicted octanol–water partition coefficient (Wildman–Crippen LogP) is 5.12. The summed E-state index contributed by atoms with van der Waals surface area (Å²) in [5.74, 6) is -1.05. The van der Waals surface area contributed by atoms with Gasteiger partial charge in [0.2, 0.25) is 0 Å². The van der Waals surface area contributed by atoms with Crippen molar-refractivity contribution in [2.45, 2.75) is 25.9 Å². The number of carbonyl (C=O) groups is 1. The van der Waals surface area contributed by atoms with Crippen molar-refractivity contribution in [3.63, 3.8) is 0 Å². The Balaban J connectivity index is 1.69. The molecule has 1 N–H and O–H groups in total. The molecule has 0 fully saturated rings. The molecule has 0 spiro atoms. The summed E-state index contributed by atoms with van der Waals surface area (Å²) in [7, 11) is 1.57. The molecule has 0 saturated carbocycles. The summed E-state index contributed by atoms with van der Waals surface area (Å²) in [5, 5.41) is 15.5. The van der Waals surface area contributed by atoms with Crippen molar-refractivity contribution < 1.29 is 19.2 Å². The highest BCUT2D eigenvalue weighted by atomic mass is 32.1. The van der Waals surface area contributed by atoms with Gasteiger partial charge in [-0.05, 0) is 36.5 Å². The molecule has 0 aliphatic carbocycles. The fourth-order valence-corrected chi connectivity index (χ4v) is 4.91. The molecule has 1 aliphatic rings. The first-order valence-corrected chi connectivity index (χ1v) is 11.1. The van der Waals surface area contributed by atoms with E-state index in [4.69, 9.17) is 9.47 Å². The summed E-state index contributed by atoms with van der Waals surface area (Å²) in [6.07, 6.45) is -0.413. The zero-order valence-corrected chi connectivity index (χ0v) is 19.2. The Morgan fingerprint density at radius 1 is 1.21 bits per heavy atom. The average Bonchev–Trinajstić information content (AvgIpc) is 3.19. The predicted molar refractivity (Wildman–Crippen MR) is 125 cm³/mol. The first-order chi connectivity index (χ1) is 15.9. The van der Waals surface area contributed by atoms with Gasteiger partial charge in [0.15, 0.2) is 0 Å². The number of fused-ring (bicyclic) bond motifs is 1. The van der Waals surface area contributed by atoms with E-state index in [1.54, 1.807) is 26.2 Å². The lowest BCUT2D eigenvalue weighted by atomic mass is 9.81. The van der Waals surface area contributed by atoms with E-state index in [-0.39, 0.29) is 12.3 Å². The number of nitrogens with one attached hydrogen (secondary N) is 1. The zero-order valence-electron chi connectivity index (χ0n) is 18.4. The van der Waals surface area contributed by atoms with Crippen LogP contribution in [-0.4, -0.2) is 29.0 Å². The lowest BCUT2D eigenvalue weighted by Gasteiger charge is -2.28. The number of allylic oxidation sites excluding steroid dienone is 1. The summed E-state index contributed by atoms with van der Waals surface area (Å²) in [6.45, 7) is 3.69. The van der Waals surface area contributed by atoms with Crippen molar-refractivity contribution in [1.29, 1.82) is 0 Å². The van der Waals surface area contributed by atoms with E-state index in [1.165, 1.54) is 23.7 Å². The van der Waals surface area contributed by atoms with Crippen LogP contribution in [0.5, 0.6) is 0 Å². The second-order valence-electron chi connectivity index (χ2n) is 7.69. The summed E-state index contributed by atoms with van der Waals surface area (Å²) in [6, 6.07) is 15.9. The molecule has 3 aromatic rings. The van der Waals surface area contributed by atoms with Crippen LogP contribution in [0.25, 0.3) is 0 Å². The van der Waals surface area contributed by atoms with Gasteiger partial charge in [-0.2, -0.15) is 4.37 Å². The number of non-ortho nitro benzene ring substituents is 1. The molecule has 170 valence electrons. The van der Waals surface area contributed by atoms with Crippen LogP contribution in [0.2, 0.25) is 0 Å². The number of hydrogen-bond donors (Lipinski definition) is 1. The van der Waals surface area contributed by atoms with Crippen LogP contribution in [0, 0.1) is 17.0 Å². The van der Waals surface area contributed by atoms with Gasteiger partial charge in [-0.3, -0.25) is 10.1 Å². The van der Waals surface area contributed by atoms with Crippen molar-refractivity contribution in [2.75, 3.05) is 19.0 Å². The van der Waals surface area contributed by atoms with Crippen molar-refractivity contribution in [3.8, 4) is 0 Å². The van der Waals surface area contributed by atoms with Gasteiger partial charge in [-0.15, -0.1) is 0 Å². The number of benzene rings is 2. The number of anilines is 1. The Labute approximate surface area is 195 Å². The maximum atomic E-state index is 13.4. The van der Waals surface area contributed by atoms with Gasteiger partial charge in [-0.1, -0.05) is 42.5 Å². The smallest absolute Gasteiger partial charge is 0.336 e. The van der Waals surface area contributed by atoms with Gasteiger partial charge < -0.3 is 14.8 Å². The van der Waals surface area contributed by atoms with Crippen LogP contribution >= 0.6 is 11.5 Å². The average molecular weight is 466 g/mol. The third kappa shape index (κ3) is 4.50. The molecule has 0 amide bonds. The van der Waals surface area contributed by atoms with Crippen molar-refractivity contribution in [3.05, 3.63) is 98.4 Å². The van der Waals surface area contributed by atoms with Crippen LogP contribution in [0.4, 0.5) is 10.7 Å². The van der Waals surface area contributed by atoms with Gasteiger partial charge in [0.05, 0.1) is 16.2 Å². The second kappa shape index (κ2) is 9.51. The maximum Gasteiger partial charge on any atom is 0.336 e. The number of hydrogen-bond acceptors (Lipinski definition) is 8. The highest BCUT2D eigenvalue weighted by molar-refractivity contribution is 7.10. The Bertz CT molecular complexity index is 1220. The highest BCUT2D eigenvalue weighted by Gasteiger charge is 2.36. The van der Waals surface area contributed by atoms with Crippen molar-refractivity contribution >= 4 is 28.2 Å². The van der Waals surface area contributed by atoms with E-state index >= 15 is 0 Å². The minimum atomic E-state index is -0.537. The monoisotopic (exact) mass is 465 g/mol. The number of nitro groups is 1. The standard InChI is InChI=1S/C24H23N3O5S/c1-14-21(24(28)32-13-19(31-3)16-8-5-4-6-9-16)22(20-15(2)26-33-23(20)25-14)17-10-7-11-18(12-17)27(29)30/h4-12,19,22,25H,13H2,1-3H3/t19-,22?/m1/s1. The number of aryl methyl sites for hydroxylation is 1. The van der Waals surface area contributed by atoms with E-state index in [0.29, 0.717) is 16.8 Å². The first-order valence-electron chi connectivity index (χ1n) is 10.3. The number of carbonyl (C=O) groups excluding carboxylic acids is 1. The third-order valence-corrected chi connectivity index (χ3v) is 6.52. The van der Waals surface area contributed by atoms with E-state index in [9.17, 15) is 14.9 Å². The molecule has 1 unspecified atom stereocenters. The summed E-state index contributed by atoms with van der Waals surface area (Å²) < 4.78 is 15.7. The van der Waals surface area contributed by atoms with Gasteiger partial charge in [0, 0.05) is 36.4 Å². The van der Waals surface area contributed by atoms with Crippen LogP contribution in [0.3, 0.4) is 0 Å². The molecule has 8 nitrogen and oxygen atoms in total. The van der Waals surface area contributed by atoms with Gasteiger partial charge in [-0.25, -0.2) is 4.79 Å². The number of nitro benzene ring substituents is 1. The lowest BCUT2D eigenvalue weighted by molar-refractivity contribution is -0.384. The molecule has 0 radical (unpaired) electrons. The van der Waals surface area contributed by atoms with Crippen molar-refractivity contribution in [1.82, 2.24) is 4.37 Å². The lowest BCUT2D eigenvalue weighted by Crippen LogP contribution is -2.25. The molecule has 2 aromatic carbocycles. The first kappa shape index (κ1) is 22.6. The molecule has 1 aliphatic heterocycles. The van der Waals surface area contributed by atoms with Crippen LogP contribution in [-0.2, 0) is 14.3 Å². The highest BCUT2D eigenvalue weighted by Crippen LogP contribution is 2.46. The molecule has 2 atom stereocenters. The van der Waals surface area contributed by atoms with Crippen LogP contribution in [0.15, 0.2) is 65.9 Å². The van der Waals surface area contributed by atoms with Crippen LogP contribution in [0.1, 0.15) is 41.3 Å². The van der Waals surface area contributed by atoms with E-state index in [0.717, 1.165) is 21.8 Å². The summed E-state index contributed by atoms with van der Waals surface area (Å²) in [5.41, 5.74) is 4.10. The summed E-state index contributed by atoms with van der Waals surface area (Å²) in [4.78, 5) is 24.3. The SMILES string of the molecule is CO[C@H](COC(=O)C1=C(C)Nc2snc(C)c2C1c1cccc([N+](=O)[O-])c1)c1ccccc1. The number of ether oxygens (including phenoxy) is 2. The molecular weight excluding hydrogens is 442 g/mol. The Hall–Kier alpha value is -3.56. The van der Waals surface area contributed by atoms with Gasteiger partial charge in [0.1, 0.15) is 17.7 Å². The minimum absolute atomic E-state index is 0.0332. The molecule has 0 bridgehead atoms. The largest absolute Gasteiger partial charge is 0.459 e. The maximum absolute atomic E-state index is 13.4. The van der Waals surface area contributed by atoms with E-state index < -0.39 is 22.9 Å². The molecule has 4 rings (SSSR count). The molecule has 33 heavy (non-hydrogen) atoms. The van der Waals surface area contributed by atoms with Gasteiger partial charge in [0.25, 0.3) is 5.69 Å². The van der Waals surface area contributed by atoms with E-state index in [1.807, 2.05) is 37.3 Å². The summed E-state index contributed by atoms with van der Waals surface area (Å²) >= 11 is 1.30.